The van der Waals surface area contributed by atoms with Crippen LogP contribution < -0.4 is 0 Å². The summed E-state index contributed by atoms with van der Waals surface area (Å²) in [6, 6.07) is 0. The summed E-state index contributed by atoms with van der Waals surface area (Å²) >= 11 is 0. The Morgan fingerprint density at radius 2 is 0.444 bits per heavy atom. The Kier molecular flexibility index (Phi) is 68.1. The molecule has 0 saturated carbocycles. The highest BCUT2D eigenvalue weighted by molar-refractivity contribution is 5.71. The Bertz CT molecular complexity index is 1350. The quantitative estimate of drug-likeness (QED) is 0.0261. The van der Waals surface area contributed by atoms with Gasteiger partial charge in [-0.1, -0.05) is 365 Å². The molecule has 1 unspecified atom stereocenters. The first kappa shape index (κ1) is 78.6. The molecule has 0 aliphatic carbocycles. The summed E-state index contributed by atoms with van der Waals surface area (Å²) in [7, 11) is 0. The lowest BCUT2D eigenvalue weighted by Gasteiger charge is -2.18. The number of hydrogen-bond donors (Lipinski definition) is 0. The second-order valence-electron chi connectivity index (χ2n) is 24.9. The van der Waals surface area contributed by atoms with Gasteiger partial charge in [0.05, 0.1) is 0 Å². The summed E-state index contributed by atoms with van der Waals surface area (Å²) in [5.74, 6) is -0.840. The Hall–Kier alpha value is -2.37. The van der Waals surface area contributed by atoms with Crippen molar-refractivity contribution in [1.29, 1.82) is 0 Å². The van der Waals surface area contributed by atoms with E-state index in [1.807, 2.05) is 0 Å². The Morgan fingerprint density at radius 3 is 0.691 bits per heavy atom. The molecule has 0 heterocycles. The number of esters is 3. The van der Waals surface area contributed by atoms with E-state index in [0.29, 0.717) is 19.3 Å². The summed E-state index contributed by atoms with van der Waals surface area (Å²) < 4.78 is 17.0. The fourth-order valence-electron chi connectivity index (χ4n) is 11.2. The van der Waals surface area contributed by atoms with Crippen LogP contribution in [0.3, 0.4) is 0 Å². The molecule has 0 bridgehead atoms. The maximum absolute atomic E-state index is 12.9. The first-order chi connectivity index (χ1) is 40.0. The van der Waals surface area contributed by atoms with E-state index < -0.39 is 6.10 Å². The lowest BCUT2D eigenvalue weighted by atomic mass is 10.0. The van der Waals surface area contributed by atoms with Gasteiger partial charge in [0, 0.05) is 19.3 Å². The smallest absolute Gasteiger partial charge is 0.306 e. The minimum atomic E-state index is -0.769. The van der Waals surface area contributed by atoms with E-state index in [2.05, 4.69) is 57.2 Å². The van der Waals surface area contributed by atoms with Crippen LogP contribution in [0.1, 0.15) is 406 Å². The minimum absolute atomic E-state index is 0.0665. The highest BCUT2D eigenvalue weighted by atomic mass is 16.6. The van der Waals surface area contributed by atoms with Gasteiger partial charge >= 0.3 is 17.9 Å². The van der Waals surface area contributed by atoms with Crippen LogP contribution in [0.15, 0.2) is 36.5 Å². The second-order valence-corrected chi connectivity index (χ2v) is 24.9. The molecule has 0 saturated heterocycles. The first-order valence-electron chi connectivity index (χ1n) is 36.5. The van der Waals surface area contributed by atoms with Crippen molar-refractivity contribution in [3.8, 4) is 0 Å². The number of rotatable bonds is 68. The highest BCUT2D eigenvalue weighted by Gasteiger charge is 2.19. The molecule has 0 aromatic rings. The molecule has 0 radical (unpaired) electrons. The van der Waals surface area contributed by atoms with Gasteiger partial charge in [0.15, 0.2) is 6.10 Å². The Morgan fingerprint density at radius 1 is 0.247 bits per heavy atom. The van der Waals surface area contributed by atoms with Gasteiger partial charge in [-0.2, -0.15) is 0 Å². The summed E-state index contributed by atoms with van der Waals surface area (Å²) in [6.45, 7) is 6.69. The van der Waals surface area contributed by atoms with Crippen LogP contribution in [0, 0.1) is 0 Å². The van der Waals surface area contributed by atoms with Crippen molar-refractivity contribution in [2.24, 2.45) is 0 Å². The average Bonchev–Trinajstić information content (AvgIpc) is 3.47. The van der Waals surface area contributed by atoms with Crippen molar-refractivity contribution in [2.75, 3.05) is 13.2 Å². The third kappa shape index (κ3) is 68.3. The molecule has 81 heavy (non-hydrogen) atoms. The van der Waals surface area contributed by atoms with E-state index >= 15 is 0 Å². The van der Waals surface area contributed by atoms with Crippen LogP contribution >= 0.6 is 0 Å². The third-order valence-corrected chi connectivity index (χ3v) is 16.6. The molecule has 0 spiro atoms. The van der Waals surface area contributed by atoms with Gasteiger partial charge in [-0.15, -0.1) is 0 Å². The molecule has 0 amide bonds. The maximum atomic E-state index is 12.9. The summed E-state index contributed by atoms with van der Waals surface area (Å²) in [4.78, 5) is 38.4. The van der Waals surface area contributed by atoms with Gasteiger partial charge < -0.3 is 14.2 Å². The van der Waals surface area contributed by atoms with E-state index in [-0.39, 0.29) is 31.1 Å². The van der Waals surface area contributed by atoms with E-state index in [9.17, 15) is 14.4 Å². The van der Waals surface area contributed by atoms with Crippen molar-refractivity contribution in [3.63, 3.8) is 0 Å². The van der Waals surface area contributed by atoms with Crippen molar-refractivity contribution in [1.82, 2.24) is 0 Å². The highest BCUT2D eigenvalue weighted by Crippen LogP contribution is 2.19. The first-order valence-corrected chi connectivity index (χ1v) is 36.5. The van der Waals surface area contributed by atoms with Crippen LogP contribution in [0.4, 0.5) is 0 Å². The van der Waals surface area contributed by atoms with Crippen LogP contribution in [0.5, 0.6) is 0 Å². The van der Waals surface area contributed by atoms with Gasteiger partial charge in [-0.25, -0.2) is 0 Å². The standard InChI is InChI=1S/C75H140O6/c1-4-7-10-13-16-19-22-24-26-28-30-32-34-36-38-40-41-43-45-47-49-51-53-56-59-62-65-68-74(77)80-71-72(70-79-73(76)67-64-61-58-55-21-18-15-12-9-6-3)81-75(78)69-66-63-60-57-54-52-50-48-46-44-42-39-37-35-33-31-29-27-25-23-20-17-14-11-8-5-2/h22,24,28,30,34,36,72H,4-21,23,25-27,29,31-33,35,37-71H2,1-3H3/b24-22-,30-28-,36-34-. The van der Waals surface area contributed by atoms with Crippen molar-refractivity contribution in [2.45, 2.75) is 412 Å². The molecule has 0 rings (SSSR count). The monoisotopic (exact) mass is 1140 g/mol. The predicted molar refractivity (Wildman–Crippen MR) is 353 cm³/mol. The molecule has 476 valence electrons. The molecular weight excluding hydrogens is 997 g/mol. The molecule has 6 nitrogen and oxygen atoms in total. The second kappa shape index (κ2) is 70.1. The minimum Gasteiger partial charge on any atom is -0.462 e. The summed E-state index contributed by atoms with van der Waals surface area (Å²) in [6.07, 6.45) is 87.6. The molecule has 0 aromatic carbocycles. The zero-order valence-corrected chi connectivity index (χ0v) is 54.8. The van der Waals surface area contributed by atoms with Gasteiger partial charge in [-0.3, -0.25) is 14.4 Å². The molecule has 0 aromatic heterocycles. The van der Waals surface area contributed by atoms with E-state index in [1.165, 1.54) is 295 Å². The normalized spacial score (nSPS) is 12.2. The van der Waals surface area contributed by atoms with Gasteiger partial charge in [-0.05, 0) is 57.8 Å². The van der Waals surface area contributed by atoms with E-state index in [0.717, 1.165) is 70.6 Å². The number of ether oxygens (including phenoxy) is 3. The van der Waals surface area contributed by atoms with E-state index in [4.69, 9.17) is 14.2 Å². The molecule has 6 heteroatoms. The Labute approximate surface area is 506 Å². The zero-order valence-electron chi connectivity index (χ0n) is 54.8. The molecule has 0 aliphatic rings. The number of hydrogen-bond acceptors (Lipinski definition) is 6. The fraction of sp³-hybridized carbons (Fsp3) is 0.880. The molecule has 0 aliphatic heterocycles. The lowest BCUT2D eigenvalue weighted by molar-refractivity contribution is -0.167. The predicted octanol–water partition coefficient (Wildman–Crippen LogP) is 25.1. The van der Waals surface area contributed by atoms with Crippen LogP contribution in [0.2, 0.25) is 0 Å². The molecule has 1 atom stereocenters. The van der Waals surface area contributed by atoms with E-state index in [1.54, 1.807) is 0 Å². The Balaban J connectivity index is 4.13. The number of carbonyl (C=O) groups is 3. The van der Waals surface area contributed by atoms with Gasteiger partial charge in [0.1, 0.15) is 13.2 Å². The largest absolute Gasteiger partial charge is 0.462 e. The van der Waals surface area contributed by atoms with Gasteiger partial charge in [0.25, 0.3) is 0 Å². The topological polar surface area (TPSA) is 78.9 Å². The summed E-state index contributed by atoms with van der Waals surface area (Å²) in [5.41, 5.74) is 0. The van der Waals surface area contributed by atoms with Crippen molar-refractivity contribution < 1.29 is 28.6 Å². The summed E-state index contributed by atoms with van der Waals surface area (Å²) in [5, 5.41) is 0. The zero-order chi connectivity index (χ0) is 58.5. The average molecular weight is 1140 g/mol. The fourth-order valence-corrected chi connectivity index (χ4v) is 11.2. The third-order valence-electron chi connectivity index (χ3n) is 16.6. The SMILES string of the molecule is CCCCCCC/C=C\C/C=C\C/C=C\CCCCCCCCCCCCCCC(=O)OCC(COC(=O)CCCCCCCCCCCC)OC(=O)CCCCCCCCCCCCCCCCCCCCCCCCCCCC. The number of unbranched alkanes of at least 4 members (excludes halogenated alkanes) is 51. The van der Waals surface area contributed by atoms with Crippen molar-refractivity contribution in [3.05, 3.63) is 36.5 Å². The van der Waals surface area contributed by atoms with Crippen LogP contribution in [0.25, 0.3) is 0 Å². The van der Waals surface area contributed by atoms with Gasteiger partial charge in [0.2, 0.25) is 0 Å². The number of allylic oxidation sites excluding steroid dienone is 6. The maximum Gasteiger partial charge on any atom is 0.306 e. The molecule has 0 fully saturated rings. The van der Waals surface area contributed by atoms with Crippen LogP contribution in [-0.2, 0) is 28.6 Å². The van der Waals surface area contributed by atoms with Crippen LogP contribution in [-0.4, -0.2) is 37.2 Å². The van der Waals surface area contributed by atoms with Crippen molar-refractivity contribution >= 4 is 17.9 Å². The number of carbonyl (C=O) groups excluding carboxylic acids is 3. The molecule has 0 N–H and O–H groups in total. The lowest BCUT2D eigenvalue weighted by Crippen LogP contribution is -2.30. The molecular formula is C75H140O6.